The fourth-order valence-corrected chi connectivity index (χ4v) is 5.80. The second-order valence-corrected chi connectivity index (χ2v) is 10.00. The molecule has 10 heteroatoms. The lowest BCUT2D eigenvalue weighted by Gasteiger charge is -2.28. The molecule has 0 saturated carbocycles. The highest BCUT2D eigenvalue weighted by Crippen LogP contribution is 2.41. The van der Waals surface area contributed by atoms with E-state index in [0.717, 1.165) is 62.7 Å². The van der Waals surface area contributed by atoms with Crippen molar-refractivity contribution in [1.82, 2.24) is 9.97 Å². The van der Waals surface area contributed by atoms with Gasteiger partial charge in [0, 0.05) is 46.2 Å². The summed E-state index contributed by atoms with van der Waals surface area (Å²) in [5.74, 6) is 1.81. The van der Waals surface area contributed by atoms with E-state index in [2.05, 4.69) is 10.2 Å². The van der Waals surface area contributed by atoms with E-state index in [1.165, 1.54) is 11.3 Å². The van der Waals surface area contributed by atoms with E-state index in [1.54, 1.807) is 24.3 Å². The number of benzene rings is 2. The number of nitrogens with zero attached hydrogens (tertiary/aromatic N) is 3. The smallest absolute Gasteiger partial charge is 0.423 e. The Labute approximate surface area is 207 Å². The number of amides is 1. The quantitative estimate of drug-likeness (QED) is 0.308. The zero-order valence-corrected chi connectivity index (χ0v) is 20.4. The molecule has 2 aromatic heterocycles. The molecule has 1 amide bonds. The summed E-state index contributed by atoms with van der Waals surface area (Å²) in [6.07, 6.45) is 1.88. The zero-order chi connectivity index (χ0) is 24.7. The molecule has 4 aromatic rings. The summed E-state index contributed by atoms with van der Waals surface area (Å²) in [6.45, 7) is 3.40. The minimum atomic E-state index is -1.51. The number of aryl methyl sites for hydroxylation is 1. The molecule has 0 atom stereocenters. The third kappa shape index (κ3) is 4.36. The predicted molar refractivity (Wildman–Crippen MR) is 141 cm³/mol. The highest BCUT2D eigenvalue weighted by atomic mass is 32.1. The minimum Gasteiger partial charge on any atom is -0.423 e. The topological polar surface area (TPSA) is 125 Å². The lowest BCUT2D eigenvalue weighted by molar-refractivity contribution is 0.100. The van der Waals surface area contributed by atoms with E-state index in [4.69, 9.17) is 15.7 Å². The van der Waals surface area contributed by atoms with Gasteiger partial charge in [0.15, 0.2) is 5.82 Å². The van der Waals surface area contributed by atoms with Crippen LogP contribution in [0.15, 0.2) is 42.5 Å². The molecule has 1 aliphatic rings. The summed E-state index contributed by atoms with van der Waals surface area (Å²) in [7, 11) is 0.524. The maximum atomic E-state index is 12.0. The van der Waals surface area contributed by atoms with Gasteiger partial charge < -0.3 is 26.0 Å². The highest BCUT2D eigenvalue weighted by Gasteiger charge is 2.25. The van der Waals surface area contributed by atoms with Crippen LogP contribution in [0.1, 0.15) is 32.8 Å². The Kier molecular flexibility index (Phi) is 6.18. The number of hydrogen-bond acceptors (Lipinski definition) is 8. The molecule has 8 nitrogen and oxygen atoms in total. The summed E-state index contributed by atoms with van der Waals surface area (Å²) in [4.78, 5) is 25.1. The van der Waals surface area contributed by atoms with Crippen molar-refractivity contribution in [3.8, 4) is 11.4 Å². The molecule has 3 heterocycles. The van der Waals surface area contributed by atoms with Gasteiger partial charge in [-0.3, -0.25) is 4.79 Å². The molecule has 0 spiro atoms. The molecule has 178 valence electrons. The number of nitrogens with two attached hydrogens (primary N) is 1. The monoisotopic (exact) mass is 487 g/mol. The van der Waals surface area contributed by atoms with Crippen LogP contribution in [0.2, 0.25) is 0 Å². The Bertz CT molecular complexity index is 1440. The van der Waals surface area contributed by atoms with Gasteiger partial charge in [-0.05, 0) is 36.9 Å². The van der Waals surface area contributed by atoms with Crippen LogP contribution in [0.5, 0.6) is 0 Å². The predicted octanol–water partition coefficient (Wildman–Crippen LogP) is 2.44. The SMILES string of the molecule is Cc1sc2c(C(N)=O)cccc2c1-c1nc(NCc2cccc(B(O)O)c2)c2c(n1)N(C)CCC2. The molecule has 0 aliphatic carbocycles. The first-order chi connectivity index (χ1) is 16.8. The van der Waals surface area contributed by atoms with Crippen molar-refractivity contribution >= 4 is 51.5 Å². The summed E-state index contributed by atoms with van der Waals surface area (Å²) in [6, 6.07) is 12.7. The van der Waals surface area contributed by atoms with Crippen LogP contribution in [0.3, 0.4) is 0 Å². The van der Waals surface area contributed by atoms with E-state index in [9.17, 15) is 14.8 Å². The number of nitrogens with one attached hydrogen (secondary N) is 1. The Hall–Kier alpha value is -3.47. The van der Waals surface area contributed by atoms with Crippen molar-refractivity contribution in [2.45, 2.75) is 26.3 Å². The van der Waals surface area contributed by atoms with Gasteiger partial charge in [-0.2, -0.15) is 0 Å². The van der Waals surface area contributed by atoms with E-state index < -0.39 is 13.0 Å². The Balaban J connectivity index is 1.60. The number of primary amides is 1. The molecule has 0 fully saturated rings. The molecule has 5 N–H and O–H groups in total. The first-order valence-electron chi connectivity index (χ1n) is 11.5. The fraction of sp³-hybridized carbons (Fsp3) is 0.240. The molecule has 2 aromatic carbocycles. The summed E-state index contributed by atoms with van der Waals surface area (Å²) in [5, 5.41) is 23.4. The largest absolute Gasteiger partial charge is 0.488 e. The number of fused-ring (bicyclic) bond motifs is 2. The lowest BCUT2D eigenvalue weighted by Crippen LogP contribution is -2.30. The minimum absolute atomic E-state index is 0.445. The van der Waals surface area contributed by atoms with E-state index in [0.29, 0.717) is 23.4 Å². The van der Waals surface area contributed by atoms with Gasteiger partial charge in [-0.25, -0.2) is 9.97 Å². The number of hydrogen-bond donors (Lipinski definition) is 4. The molecule has 0 saturated heterocycles. The number of rotatable bonds is 6. The van der Waals surface area contributed by atoms with E-state index >= 15 is 0 Å². The van der Waals surface area contributed by atoms with Gasteiger partial charge in [-0.1, -0.05) is 36.4 Å². The second kappa shape index (κ2) is 9.29. The molecule has 0 unspecified atom stereocenters. The van der Waals surface area contributed by atoms with Crippen molar-refractivity contribution in [3.63, 3.8) is 0 Å². The Morgan fingerprint density at radius 1 is 1.23 bits per heavy atom. The van der Waals surface area contributed by atoms with Crippen molar-refractivity contribution < 1.29 is 14.8 Å². The normalized spacial score (nSPS) is 13.1. The molecule has 1 aliphatic heterocycles. The highest BCUT2D eigenvalue weighted by molar-refractivity contribution is 7.20. The number of thiophene rings is 1. The van der Waals surface area contributed by atoms with Crippen LogP contribution in [-0.2, 0) is 13.0 Å². The van der Waals surface area contributed by atoms with Crippen LogP contribution in [0, 0.1) is 6.92 Å². The van der Waals surface area contributed by atoms with Crippen LogP contribution in [0.25, 0.3) is 21.5 Å². The van der Waals surface area contributed by atoms with Gasteiger partial charge >= 0.3 is 7.12 Å². The number of carbonyl (C=O) groups excluding carboxylic acids is 1. The fourth-order valence-electron chi connectivity index (χ4n) is 4.63. The molecular formula is C25H26BN5O3S. The van der Waals surface area contributed by atoms with Gasteiger partial charge in [0.05, 0.1) is 5.56 Å². The van der Waals surface area contributed by atoms with E-state index in [1.807, 2.05) is 32.2 Å². The first kappa shape index (κ1) is 23.3. The molecule has 35 heavy (non-hydrogen) atoms. The summed E-state index contributed by atoms with van der Waals surface area (Å²) < 4.78 is 0.844. The third-order valence-electron chi connectivity index (χ3n) is 6.36. The Morgan fingerprint density at radius 2 is 2.03 bits per heavy atom. The van der Waals surface area contributed by atoms with Crippen LogP contribution < -0.4 is 21.4 Å². The standard InChI is InChI=1S/C25H26BN5O3S/c1-14-20(17-8-4-9-18(22(27)32)21(17)35-14)24-29-23(19-10-5-11-31(2)25(19)30-24)28-13-15-6-3-7-16(12-15)26(33)34/h3-4,6-9,12,33-34H,5,10-11,13H2,1-2H3,(H2,27,32)(H,28,29,30). The zero-order valence-electron chi connectivity index (χ0n) is 19.6. The second-order valence-electron chi connectivity index (χ2n) is 8.78. The Morgan fingerprint density at radius 3 is 2.80 bits per heavy atom. The summed E-state index contributed by atoms with van der Waals surface area (Å²) in [5.41, 5.74) is 9.45. The number of carbonyl (C=O) groups is 1. The maximum Gasteiger partial charge on any atom is 0.488 e. The molecule has 0 bridgehead atoms. The maximum absolute atomic E-state index is 12.0. The summed E-state index contributed by atoms with van der Waals surface area (Å²) >= 11 is 1.52. The average Bonchev–Trinajstić information content (AvgIpc) is 3.18. The van der Waals surface area contributed by atoms with Gasteiger partial charge in [0.25, 0.3) is 0 Å². The van der Waals surface area contributed by atoms with Crippen molar-refractivity contribution in [3.05, 3.63) is 64.0 Å². The van der Waals surface area contributed by atoms with E-state index in [-0.39, 0.29) is 0 Å². The van der Waals surface area contributed by atoms with Crippen molar-refractivity contribution in [2.24, 2.45) is 5.73 Å². The van der Waals surface area contributed by atoms with Crippen molar-refractivity contribution in [1.29, 1.82) is 0 Å². The lowest BCUT2D eigenvalue weighted by atomic mass is 9.79. The average molecular weight is 487 g/mol. The molecule has 5 rings (SSSR count). The van der Waals surface area contributed by atoms with Crippen LogP contribution >= 0.6 is 11.3 Å². The number of anilines is 2. The number of aromatic nitrogens is 2. The first-order valence-corrected chi connectivity index (χ1v) is 12.3. The van der Waals surface area contributed by atoms with Gasteiger partial charge in [0.2, 0.25) is 5.91 Å². The third-order valence-corrected chi connectivity index (χ3v) is 7.51. The van der Waals surface area contributed by atoms with Gasteiger partial charge in [0.1, 0.15) is 11.6 Å². The van der Waals surface area contributed by atoms with Crippen LogP contribution in [0.4, 0.5) is 11.6 Å². The van der Waals surface area contributed by atoms with Crippen molar-refractivity contribution in [2.75, 3.05) is 23.8 Å². The van der Waals surface area contributed by atoms with Gasteiger partial charge in [-0.15, -0.1) is 11.3 Å². The molecule has 0 radical (unpaired) electrons. The van der Waals surface area contributed by atoms with Crippen LogP contribution in [-0.4, -0.2) is 46.6 Å². The molecular weight excluding hydrogens is 461 g/mol.